The molecule has 0 saturated carbocycles. The molecular weight excluding hydrogens is 266 g/mol. The number of hydrogen-bond acceptors (Lipinski definition) is 6. The average molecular weight is 289 g/mol. The lowest BCUT2D eigenvalue weighted by Gasteiger charge is -2.45. The fourth-order valence-corrected chi connectivity index (χ4v) is 2.70. The Bertz CT molecular complexity index is 633. The number of H-pyrrole nitrogens is 1. The summed E-state index contributed by atoms with van der Waals surface area (Å²) in [7, 11) is 2.17. The highest BCUT2D eigenvalue weighted by molar-refractivity contribution is 5.84. The Morgan fingerprint density at radius 2 is 2.14 bits per heavy atom. The fraction of sp³-hybridized carbons (Fsp3) is 0.643. The molecule has 2 aromatic rings. The van der Waals surface area contributed by atoms with E-state index in [-0.39, 0.29) is 5.54 Å². The second-order valence-corrected chi connectivity index (χ2v) is 6.16. The summed E-state index contributed by atoms with van der Waals surface area (Å²) in [5, 5.41) is 3.19. The van der Waals surface area contributed by atoms with E-state index in [1.54, 1.807) is 6.33 Å². The van der Waals surface area contributed by atoms with Gasteiger partial charge in [0.2, 0.25) is 5.95 Å². The van der Waals surface area contributed by atoms with E-state index in [1.807, 2.05) is 6.92 Å². The largest absolute Gasteiger partial charge is 0.354 e. The van der Waals surface area contributed by atoms with Crippen molar-refractivity contribution in [2.75, 3.05) is 43.4 Å². The van der Waals surface area contributed by atoms with Gasteiger partial charge in [-0.25, -0.2) is 4.98 Å². The summed E-state index contributed by atoms with van der Waals surface area (Å²) in [6, 6.07) is 0. The average Bonchev–Trinajstić information content (AvgIpc) is 2.89. The molecular formula is C14H23N7. The van der Waals surface area contributed by atoms with E-state index in [1.165, 1.54) is 0 Å². The maximum absolute atomic E-state index is 4.69. The molecule has 3 heterocycles. The molecule has 7 heteroatoms. The summed E-state index contributed by atoms with van der Waals surface area (Å²) in [6.07, 6.45) is 1.68. The summed E-state index contributed by atoms with van der Waals surface area (Å²) < 4.78 is 0. The van der Waals surface area contributed by atoms with Crippen molar-refractivity contribution in [3.05, 3.63) is 6.33 Å². The molecule has 7 nitrogen and oxygen atoms in total. The maximum Gasteiger partial charge on any atom is 0.226 e. The number of imidazole rings is 1. The molecule has 1 saturated heterocycles. The Labute approximate surface area is 124 Å². The number of aromatic amines is 1. The minimum Gasteiger partial charge on any atom is -0.354 e. The number of fused-ring (bicyclic) bond motifs is 1. The number of aromatic nitrogens is 4. The van der Waals surface area contributed by atoms with E-state index in [9.17, 15) is 0 Å². The first-order valence-electron chi connectivity index (χ1n) is 7.42. The lowest BCUT2D eigenvalue weighted by atomic mass is 10.00. The van der Waals surface area contributed by atoms with Gasteiger partial charge in [0.15, 0.2) is 11.5 Å². The van der Waals surface area contributed by atoms with Crippen LogP contribution in [0, 0.1) is 0 Å². The second kappa shape index (κ2) is 5.14. The summed E-state index contributed by atoms with van der Waals surface area (Å²) in [5.74, 6) is 1.58. The summed E-state index contributed by atoms with van der Waals surface area (Å²) in [6.45, 7) is 10.3. The third kappa shape index (κ3) is 2.53. The van der Waals surface area contributed by atoms with Crippen molar-refractivity contribution in [1.82, 2.24) is 24.8 Å². The first kappa shape index (κ1) is 14.1. The molecule has 0 unspecified atom stereocenters. The van der Waals surface area contributed by atoms with Crippen molar-refractivity contribution in [2.24, 2.45) is 0 Å². The van der Waals surface area contributed by atoms with Crippen LogP contribution in [0.15, 0.2) is 6.33 Å². The van der Waals surface area contributed by atoms with Gasteiger partial charge in [-0.05, 0) is 27.8 Å². The van der Waals surface area contributed by atoms with Crippen LogP contribution in [0.4, 0.5) is 11.8 Å². The number of piperazine rings is 1. The molecule has 2 N–H and O–H groups in total. The van der Waals surface area contributed by atoms with Crippen LogP contribution in [0.25, 0.3) is 11.2 Å². The molecule has 0 atom stereocenters. The van der Waals surface area contributed by atoms with Crippen LogP contribution in [-0.4, -0.2) is 63.6 Å². The van der Waals surface area contributed by atoms with Crippen molar-refractivity contribution in [1.29, 1.82) is 0 Å². The van der Waals surface area contributed by atoms with Gasteiger partial charge in [-0.1, -0.05) is 0 Å². The Kier molecular flexibility index (Phi) is 3.44. The van der Waals surface area contributed by atoms with Gasteiger partial charge in [0.1, 0.15) is 5.52 Å². The number of likely N-dealkylation sites (N-methyl/N-ethyl adjacent to an activating group) is 1. The zero-order valence-corrected chi connectivity index (χ0v) is 13.1. The molecule has 3 rings (SSSR count). The first-order valence-corrected chi connectivity index (χ1v) is 7.42. The van der Waals surface area contributed by atoms with E-state index in [2.05, 4.69) is 51.0 Å². The van der Waals surface area contributed by atoms with E-state index in [0.29, 0.717) is 11.6 Å². The predicted octanol–water partition coefficient (Wildman–Crippen LogP) is 1.32. The number of nitrogens with one attached hydrogen (secondary N) is 2. The molecule has 1 aliphatic heterocycles. The highest BCUT2D eigenvalue weighted by atomic mass is 15.3. The monoisotopic (exact) mass is 289 g/mol. The van der Waals surface area contributed by atoms with Gasteiger partial charge in [0, 0.05) is 31.7 Å². The number of nitrogens with zero attached hydrogens (tertiary/aromatic N) is 5. The quantitative estimate of drug-likeness (QED) is 0.888. The van der Waals surface area contributed by atoms with E-state index in [0.717, 1.165) is 37.5 Å². The smallest absolute Gasteiger partial charge is 0.226 e. The topological polar surface area (TPSA) is 73.0 Å². The standard InChI is InChI=1S/C14H23N7/c1-5-15-13-18-11-10(16-9-17-11)12(19-13)21-7-6-20(4)14(2,3)8-21/h9H,5-8H2,1-4H3,(H2,15,16,17,18,19). The van der Waals surface area contributed by atoms with Crippen LogP contribution in [0.5, 0.6) is 0 Å². The van der Waals surface area contributed by atoms with Gasteiger partial charge in [0.05, 0.1) is 6.33 Å². The van der Waals surface area contributed by atoms with Gasteiger partial charge in [-0.2, -0.15) is 9.97 Å². The Balaban J connectivity index is 2.00. The van der Waals surface area contributed by atoms with E-state index < -0.39 is 0 Å². The summed E-state index contributed by atoms with van der Waals surface area (Å²) >= 11 is 0. The van der Waals surface area contributed by atoms with Gasteiger partial charge >= 0.3 is 0 Å². The van der Waals surface area contributed by atoms with Crippen molar-refractivity contribution in [2.45, 2.75) is 26.3 Å². The van der Waals surface area contributed by atoms with Crippen molar-refractivity contribution >= 4 is 22.9 Å². The lowest BCUT2D eigenvalue weighted by Crippen LogP contribution is -2.58. The summed E-state index contributed by atoms with van der Waals surface area (Å²) in [4.78, 5) is 21.3. The number of anilines is 2. The van der Waals surface area contributed by atoms with Crippen molar-refractivity contribution < 1.29 is 0 Å². The van der Waals surface area contributed by atoms with Crippen LogP contribution in [0.1, 0.15) is 20.8 Å². The molecule has 21 heavy (non-hydrogen) atoms. The molecule has 2 aromatic heterocycles. The lowest BCUT2D eigenvalue weighted by molar-refractivity contribution is 0.138. The third-order valence-corrected chi connectivity index (χ3v) is 4.22. The zero-order chi connectivity index (χ0) is 15.0. The van der Waals surface area contributed by atoms with Gasteiger partial charge < -0.3 is 15.2 Å². The molecule has 0 aliphatic carbocycles. The minimum absolute atomic E-state index is 0.119. The number of hydrogen-bond donors (Lipinski definition) is 2. The van der Waals surface area contributed by atoms with Gasteiger partial charge in [-0.3, -0.25) is 4.90 Å². The normalized spacial score (nSPS) is 19.1. The number of rotatable bonds is 3. The van der Waals surface area contributed by atoms with E-state index in [4.69, 9.17) is 4.98 Å². The summed E-state index contributed by atoms with van der Waals surface area (Å²) in [5.41, 5.74) is 1.75. The SMILES string of the molecule is CCNc1nc(N2CCN(C)C(C)(C)C2)c2[nH]cnc2n1. The van der Waals surface area contributed by atoms with Crippen LogP contribution >= 0.6 is 0 Å². The highest BCUT2D eigenvalue weighted by Crippen LogP contribution is 2.28. The van der Waals surface area contributed by atoms with Crippen LogP contribution in [0.3, 0.4) is 0 Å². The Hall–Kier alpha value is -1.89. The Morgan fingerprint density at radius 1 is 1.33 bits per heavy atom. The van der Waals surface area contributed by atoms with Gasteiger partial charge in [-0.15, -0.1) is 0 Å². The molecule has 0 amide bonds. The van der Waals surface area contributed by atoms with Crippen molar-refractivity contribution in [3.63, 3.8) is 0 Å². The van der Waals surface area contributed by atoms with Crippen LogP contribution in [-0.2, 0) is 0 Å². The predicted molar refractivity (Wildman–Crippen MR) is 84.8 cm³/mol. The fourth-order valence-electron chi connectivity index (χ4n) is 2.70. The van der Waals surface area contributed by atoms with Crippen LogP contribution in [0.2, 0.25) is 0 Å². The molecule has 114 valence electrons. The molecule has 1 fully saturated rings. The highest BCUT2D eigenvalue weighted by Gasteiger charge is 2.32. The minimum atomic E-state index is 0.119. The van der Waals surface area contributed by atoms with Crippen LogP contribution < -0.4 is 10.2 Å². The maximum atomic E-state index is 4.69. The molecule has 0 aromatic carbocycles. The second-order valence-electron chi connectivity index (χ2n) is 6.16. The molecule has 0 spiro atoms. The van der Waals surface area contributed by atoms with Crippen molar-refractivity contribution in [3.8, 4) is 0 Å². The Morgan fingerprint density at radius 3 is 2.86 bits per heavy atom. The molecule has 0 radical (unpaired) electrons. The van der Waals surface area contributed by atoms with Gasteiger partial charge in [0.25, 0.3) is 0 Å². The van der Waals surface area contributed by atoms with E-state index >= 15 is 0 Å². The molecule has 1 aliphatic rings. The third-order valence-electron chi connectivity index (χ3n) is 4.22. The first-order chi connectivity index (χ1) is 10.0. The zero-order valence-electron chi connectivity index (χ0n) is 13.1. The molecule has 0 bridgehead atoms.